The van der Waals surface area contributed by atoms with Gasteiger partial charge < -0.3 is 19.7 Å². The molecule has 1 aliphatic heterocycles. The van der Waals surface area contributed by atoms with Gasteiger partial charge in [0.15, 0.2) is 5.13 Å². The molecule has 7 nitrogen and oxygen atoms in total. The summed E-state index contributed by atoms with van der Waals surface area (Å²) in [7, 11) is 1.59. The zero-order valence-corrected chi connectivity index (χ0v) is 19.0. The lowest BCUT2D eigenvalue weighted by Crippen LogP contribution is -2.42. The lowest BCUT2D eigenvalue weighted by Gasteiger charge is -2.33. The summed E-state index contributed by atoms with van der Waals surface area (Å²) in [5.41, 5.74) is 5.07. The number of carbonyl (C=O) groups is 1. The molecule has 0 bridgehead atoms. The number of amides is 1. The van der Waals surface area contributed by atoms with Gasteiger partial charge in [-0.05, 0) is 44.5 Å². The second-order valence-corrected chi connectivity index (χ2v) is 8.47. The number of methoxy groups -OCH3 is 1. The molecule has 2 aromatic heterocycles. The van der Waals surface area contributed by atoms with Crippen LogP contribution in [-0.2, 0) is 4.74 Å². The molecule has 8 heteroatoms. The highest BCUT2D eigenvalue weighted by molar-refractivity contribution is 7.13. The molecule has 1 atom stereocenters. The Balaban J connectivity index is 1.55. The number of rotatable bonds is 5. The molecule has 1 N–H and O–H groups in total. The number of nitrogens with zero attached hydrogens (tertiary/aromatic N) is 3. The van der Waals surface area contributed by atoms with Gasteiger partial charge in [-0.25, -0.2) is 4.98 Å². The number of carbonyl (C=O) groups excluding carboxylic acids is 1. The van der Waals surface area contributed by atoms with Crippen molar-refractivity contribution in [3.63, 3.8) is 0 Å². The van der Waals surface area contributed by atoms with Crippen LogP contribution in [-0.4, -0.2) is 47.6 Å². The zero-order valence-electron chi connectivity index (χ0n) is 18.1. The van der Waals surface area contributed by atoms with Crippen LogP contribution < -0.4 is 10.1 Å². The molecular weight excluding hydrogens is 412 g/mol. The number of ether oxygens (including phenoxy) is 2. The average molecular weight is 439 g/mol. The molecule has 4 rings (SSSR count). The number of thiazole rings is 1. The van der Waals surface area contributed by atoms with E-state index in [4.69, 9.17) is 9.47 Å². The molecule has 1 aromatic carbocycles. The van der Waals surface area contributed by atoms with E-state index in [0.29, 0.717) is 31.0 Å². The number of anilines is 2. The van der Waals surface area contributed by atoms with E-state index in [1.54, 1.807) is 18.4 Å². The smallest absolute Gasteiger partial charge is 0.257 e. The Bertz CT molecular complexity index is 1100. The first-order valence-corrected chi connectivity index (χ1v) is 11.0. The van der Waals surface area contributed by atoms with Crippen LogP contribution in [0.3, 0.4) is 0 Å². The molecule has 0 spiro atoms. The van der Waals surface area contributed by atoms with Crippen LogP contribution in [0.15, 0.2) is 35.7 Å². The van der Waals surface area contributed by atoms with Crippen molar-refractivity contribution in [3.05, 3.63) is 63.9 Å². The van der Waals surface area contributed by atoms with Crippen molar-refractivity contribution in [2.75, 3.05) is 32.1 Å². The van der Waals surface area contributed by atoms with Crippen molar-refractivity contribution in [3.8, 4) is 5.75 Å². The average Bonchev–Trinajstić information content (AvgIpc) is 3.17. The lowest BCUT2D eigenvalue weighted by molar-refractivity contribution is -0.0248. The molecule has 1 saturated heterocycles. The standard InChI is InChI=1S/C23H26N4O3S/c1-14-6-5-7-18(21(14)29-4)22(28)27-8-9-30-20(12-27)19-11-17(10-15(2)24-19)26-23-25-16(3)13-31-23/h5-7,10-11,13,20H,8-9,12H2,1-4H3,(H,24,25,26)/t20-/m1/s1. The maximum atomic E-state index is 13.2. The Hall–Kier alpha value is -2.97. The molecule has 162 valence electrons. The van der Waals surface area contributed by atoms with Crippen molar-refractivity contribution in [2.45, 2.75) is 26.9 Å². The van der Waals surface area contributed by atoms with Crippen molar-refractivity contribution in [1.82, 2.24) is 14.9 Å². The Morgan fingerprint density at radius 2 is 2.06 bits per heavy atom. The van der Waals surface area contributed by atoms with E-state index in [0.717, 1.165) is 33.5 Å². The van der Waals surface area contributed by atoms with Gasteiger partial charge in [0.25, 0.3) is 5.91 Å². The maximum absolute atomic E-state index is 13.2. The van der Waals surface area contributed by atoms with E-state index in [2.05, 4.69) is 15.3 Å². The summed E-state index contributed by atoms with van der Waals surface area (Å²) >= 11 is 1.56. The van der Waals surface area contributed by atoms with Crippen molar-refractivity contribution in [1.29, 1.82) is 0 Å². The number of aryl methyl sites for hydroxylation is 3. The number of nitrogens with one attached hydrogen (secondary N) is 1. The van der Waals surface area contributed by atoms with Gasteiger partial charge in [-0.2, -0.15) is 0 Å². The Kier molecular flexibility index (Phi) is 6.20. The van der Waals surface area contributed by atoms with Gasteiger partial charge in [0.2, 0.25) is 0 Å². The number of hydrogen-bond donors (Lipinski definition) is 1. The van der Waals surface area contributed by atoms with E-state index in [-0.39, 0.29) is 12.0 Å². The third-order valence-corrected chi connectivity index (χ3v) is 6.05. The Morgan fingerprint density at radius 3 is 2.81 bits per heavy atom. The van der Waals surface area contributed by atoms with Gasteiger partial charge in [-0.3, -0.25) is 9.78 Å². The van der Waals surface area contributed by atoms with Crippen LogP contribution in [0.1, 0.15) is 39.1 Å². The SMILES string of the molecule is COc1c(C)cccc1C(=O)N1CCO[C@@H](c2cc(Nc3nc(C)cs3)cc(C)n2)C1. The van der Waals surface area contributed by atoms with E-state index < -0.39 is 0 Å². The van der Waals surface area contributed by atoms with Crippen LogP contribution in [0.5, 0.6) is 5.75 Å². The molecule has 31 heavy (non-hydrogen) atoms. The molecule has 3 aromatic rings. The van der Waals surface area contributed by atoms with Gasteiger partial charge in [-0.1, -0.05) is 12.1 Å². The first-order valence-electron chi connectivity index (χ1n) is 10.2. The molecule has 0 aliphatic carbocycles. The highest BCUT2D eigenvalue weighted by Gasteiger charge is 2.29. The van der Waals surface area contributed by atoms with Crippen molar-refractivity contribution < 1.29 is 14.3 Å². The second-order valence-electron chi connectivity index (χ2n) is 7.61. The summed E-state index contributed by atoms with van der Waals surface area (Å²) in [4.78, 5) is 24.2. The predicted octanol–water partition coefficient (Wildman–Crippen LogP) is 4.43. The summed E-state index contributed by atoms with van der Waals surface area (Å²) in [6, 6.07) is 9.57. The molecule has 0 saturated carbocycles. The van der Waals surface area contributed by atoms with Gasteiger partial charge in [0, 0.05) is 23.3 Å². The molecule has 0 radical (unpaired) electrons. The molecule has 0 unspecified atom stereocenters. The fourth-order valence-corrected chi connectivity index (χ4v) is 4.45. The maximum Gasteiger partial charge on any atom is 0.257 e. The molecular formula is C23H26N4O3S. The highest BCUT2D eigenvalue weighted by atomic mass is 32.1. The van der Waals surface area contributed by atoms with Crippen LogP contribution >= 0.6 is 11.3 Å². The van der Waals surface area contributed by atoms with E-state index in [9.17, 15) is 4.79 Å². The van der Waals surface area contributed by atoms with Crippen LogP contribution in [0.2, 0.25) is 0 Å². The lowest BCUT2D eigenvalue weighted by atomic mass is 10.1. The summed E-state index contributed by atoms with van der Waals surface area (Å²) in [6.07, 6.45) is -0.299. The first-order chi connectivity index (χ1) is 14.9. The van der Waals surface area contributed by atoms with Crippen molar-refractivity contribution in [2.24, 2.45) is 0 Å². The number of aromatic nitrogens is 2. The van der Waals surface area contributed by atoms with E-state index >= 15 is 0 Å². The Labute approximate surface area is 186 Å². The largest absolute Gasteiger partial charge is 0.496 e. The van der Waals surface area contributed by atoms with Crippen LogP contribution in [0.4, 0.5) is 10.8 Å². The zero-order chi connectivity index (χ0) is 22.0. The molecule has 3 heterocycles. The molecule has 1 fully saturated rings. The summed E-state index contributed by atoms with van der Waals surface area (Å²) in [5, 5.41) is 6.18. The van der Waals surface area contributed by atoms with E-state index in [1.165, 1.54) is 0 Å². The Morgan fingerprint density at radius 1 is 1.23 bits per heavy atom. The summed E-state index contributed by atoms with van der Waals surface area (Å²) in [6.45, 7) is 7.27. The number of benzene rings is 1. The van der Waals surface area contributed by atoms with Crippen LogP contribution in [0.25, 0.3) is 0 Å². The minimum atomic E-state index is -0.299. The van der Waals surface area contributed by atoms with Crippen LogP contribution in [0, 0.1) is 20.8 Å². The highest BCUT2D eigenvalue weighted by Crippen LogP contribution is 2.29. The quantitative estimate of drug-likeness (QED) is 0.635. The second kappa shape index (κ2) is 9.03. The monoisotopic (exact) mass is 438 g/mol. The summed E-state index contributed by atoms with van der Waals surface area (Å²) in [5.74, 6) is 0.563. The fraction of sp³-hybridized carbons (Fsp3) is 0.348. The number of pyridine rings is 1. The van der Waals surface area contributed by atoms with Gasteiger partial charge in [0.05, 0.1) is 37.2 Å². The predicted molar refractivity (Wildman–Crippen MR) is 121 cm³/mol. The minimum absolute atomic E-state index is 0.0573. The normalized spacial score (nSPS) is 16.3. The van der Waals surface area contributed by atoms with Gasteiger partial charge in [0.1, 0.15) is 11.9 Å². The fourth-order valence-electron chi connectivity index (χ4n) is 3.74. The third kappa shape index (κ3) is 4.70. The molecule has 1 amide bonds. The van der Waals surface area contributed by atoms with Gasteiger partial charge in [-0.15, -0.1) is 11.3 Å². The first kappa shape index (κ1) is 21.3. The number of para-hydroxylation sites is 1. The number of morpholine rings is 1. The minimum Gasteiger partial charge on any atom is -0.496 e. The van der Waals surface area contributed by atoms with Gasteiger partial charge >= 0.3 is 0 Å². The third-order valence-electron chi connectivity index (χ3n) is 5.17. The summed E-state index contributed by atoms with van der Waals surface area (Å²) < 4.78 is 11.5. The van der Waals surface area contributed by atoms with E-state index in [1.807, 2.05) is 61.4 Å². The molecule has 1 aliphatic rings. The topological polar surface area (TPSA) is 76.6 Å². The number of hydrogen-bond acceptors (Lipinski definition) is 7. The van der Waals surface area contributed by atoms with Crippen molar-refractivity contribution >= 4 is 28.1 Å².